The fraction of sp³-hybridized carbons (Fsp3) is 0.345. The SMILES string of the molecule is O=C(C[C@@H]1CC[C@@H]2[C@H](COC[C@@H](O)CN2C(=O)c2cccnc2)O1)Nc1ccc(-c2ccccc2)cc1. The van der Waals surface area contributed by atoms with Gasteiger partial charge >= 0.3 is 0 Å². The molecule has 0 saturated carbocycles. The molecule has 2 aliphatic heterocycles. The van der Waals surface area contributed by atoms with Crippen molar-refractivity contribution in [2.24, 2.45) is 0 Å². The summed E-state index contributed by atoms with van der Waals surface area (Å²) in [5.41, 5.74) is 3.40. The first-order valence-electron chi connectivity index (χ1n) is 12.6. The third kappa shape index (κ3) is 6.22. The highest BCUT2D eigenvalue weighted by Crippen LogP contribution is 2.29. The zero-order chi connectivity index (χ0) is 25.6. The van der Waals surface area contributed by atoms with Crippen LogP contribution in [0.3, 0.4) is 0 Å². The number of carbonyl (C=O) groups excluding carboxylic acids is 2. The van der Waals surface area contributed by atoms with Crippen LogP contribution in [0.15, 0.2) is 79.1 Å². The number of hydrogen-bond acceptors (Lipinski definition) is 6. The van der Waals surface area contributed by atoms with Crippen LogP contribution in [0.4, 0.5) is 5.69 Å². The number of aliphatic hydroxyl groups excluding tert-OH is 1. The molecule has 2 saturated heterocycles. The van der Waals surface area contributed by atoms with Crippen molar-refractivity contribution < 1.29 is 24.2 Å². The summed E-state index contributed by atoms with van der Waals surface area (Å²) >= 11 is 0. The third-order valence-corrected chi connectivity index (χ3v) is 6.84. The van der Waals surface area contributed by atoms with Crippen molar-refractivity contribution in [3.05, 3.63) is 84.7 Å². The normalized spacial score (nSPS) is 23.9. The summed E-state index contributed by atoms with van der Waals surface area (Å²) in [6.07, 6.45) is 3.18. The maximum atomic E-state index is 13.3. The summed E-state index contributed by atoms with van der Waals surface area (Å²) in [4.78, 5) is 31.8. The predicted molar refractivity (Wildman–Crippen MR) is 139 cm³/mol. The smallest absolute Gasteiger partial charge is 0.255 e. The van der Waals surface area contributed by atoms with Gasteiger partial charge in [-0.15, -0.1) is 0 Å². The predicted octanol–water partition coefficient (Wildman–Crippen LogP) is 3.53. The molecule has 1 aromatic heterocycles. The van der Waals surface area contributed by atoms with Crippen molar-refractivity contribution in [3.8, 4) is 11.1 Å². The summed E-state index contributed by atoms with van der Waals surface area (Å²) in [6.45, 7) is 0.521. The number of nitrogens with zero attached hydrogens (tertiary/aromatic N) is 2. The Morgan fingerprint density at radius 2 is 1.76 bits per heavy atom. The van der Waals surface area contributed by atoms with Gasteiger partial charge < -0.3 is 24.8 Å². The quantitative estimate of drug-likeness (QED) is 0.555. The minimum atomic E-state index is -0.779. The van der Waals surface area contributed by atoms with E-state index in [-0.39, 0.29) is 56.2 Å². The lowest BCUT2D eigenvalue weighted by Gasteiger charge is -2.44. The zero-order valence-corrected chi connectivity index (χ0v) is 20.5. The Labute approximate surface area is 216 Å². The summed E-state index contributed by atoms with van der Waals surface area (Å²) in [6, 6.07) is 21.0. The monoisotopic (exact) mass is 501 g/mol. The molecule has 2 fully saturated rings. The van der Waals surface area contributed by atoms with Crippen LogP contribution >= 0.6 is 0 Å². The molecule has 2 aliphatic rings. The minimum absolute atomic E-state index is 0.119. The van der Waals surface area contributed by atoms with E-state index < -0.39 is 6.10 Å². The lowest BCUT2D eigenvalue weighted by Crippen LogP contribution is -2.57. The second kappa shape index (κ2) is 11.6. The number of rotatable bonds is 5. The van der Waals surface area contributed by atoms with Gasteiger partial charge in [-0.05, 0) is 48.2 Å². The molecule has 37 heavy (non-hydrogen) atoms. The fourth-order valence-corrected chi connectivity index (χ4v) is 5.02. The molecule has 0 aliphatic carbocycles. The number of fused-ring (bicyclic) bond motifs is 1. The maximum absolute atomic E-state index is 13.3. The molecule has 0 bridgehead atoms. The lowest BCUT2D eigenvalue weighted by molar-refractivity contribution is -0.149. The van der Waals surface area contributed by atoms with Crippen molar-refractivity contribution >= 4 is 17.5 Å². The Hall–Kier alpha value is -3.59. The van der Waals surface area contributed by atoms with Gasteiger partial charge in [0.05, 0.1) is 43.4 Å². The highest BCUT2D eigenvalue weighted by Gasteiger charge is 2.40. The van der Waals surface area contributed by atoms with Crippen LogP contribution in [-0.2, 0) is 14.3 Å². The van der Waals surface area contributed by atoms with E-state index >= 15 is 0 Å². The Bertz CT molecular complexity index is 1190. The zero-order valence-electron chi connectivity index (χ0n) is 20.5. The Morgan fingerprint density at radius 1 is 0.973 bits per heavy atom. The van der Waals surface area contributed by atoms with Crippen molar-refractivity contribution in [1.29, 1.82) is 0 Å². The average Bonchev–Trinajstić information content (AvgIpc) is 2.92. The van der Waals surface area contributed by atoms with E-state index in [4.69, 9.17) is 9.47 Å². The van der Waals surface area contributed by atoms with Gasteiger partial charge in [0.2, 0.25) is 5.91 Å². The van der Waals surface area contributed by atoms with Gasteiger partial charge in [-0.1, -0.05) is 42.5 Å². The van der Waals surface area contributed by atoms with Crippen molar-refractivity contribution in [1.82, 2.24) is 9.88 Å². The highest BCUT2D eigenvalue weighted by molar-refractivity contribution is 5.94. The number of anilines is 1. The number of pyridine rings is 1. The van der Waals surface area contributed by atoms with Crippen LogP contribution in [0, 0.1) is 0 Å². The minimum Gasteiger partial charge on any atom is -0.389 e. The first-order valence-corrected chi connectivity index (χ1v) is 12.6. The van der Waals surface area contributed by atoms with Crippen molar-refractivity contribution in [2.45, 2.75) is 43.6 Å². The molecule has 5 rings (SSSR count). The van der Waals surface area contributed by atoms with E-state index in [9.17, 15) is 14.7 Å². The Morgan fingerprint density at radius 3 is 2.51 bits per heavy atom. The number of aromatic nitrogens is 1. The molecule has 2 amide bonds. The largest absolute Gasteiger partial charge is 0.389 e. The van der Waals surface area contributed by atoms with Gasteiger partial charge in [0.15, 0.2) is 0 Å². The summed E-state index contributed by atoms with van der Waals surface area (Å²) < 4.78 is 11.9. The number of ether oxygens (including phenoxy) is 2. The van der Waals surface area contributed by atoms with Crippen LogP contribution < -0.4 is 5.32 Å². The molecule has 2 N–H and O–H groups in total. The van der Waals surface area contributed by atoms with Gasteiger partial charge in [-0.3, -0.25) is 14.6 Å². The van der Waals surface area contributed by atoms with Gasteiger partial charge in [0, 0.05) is 24.6 Å². The average molecular weight is 502 g/mol. The number of carbonyl (C=O) groups is 2. The van der Waals surface area contributed by atoms with E-state index in [0.29, 0.717) is 18.4 Å². The molecular formula is C29H31N3O5. The molecule has 192 valence electrons. The van der Waals surface area contributed by atoms with Crippen LogP contribution in [-0.4, -0.2) is 70.9 Å². The number of nitrogens with one attached hydrogen (secondary N) is 1. The van der Waals surface area contributed by atoms with Crippen LogP contribution in [0.5, 0.6) is 0 Å². The van der Waals surface area contributed by atoms with E-state index in [1.807, 2.05) is 54.6 Å². The first-order chi connectivity index (χ1) is 18.1. The molecule has 3 aromatic rings. The summed E-state index contributed by atoms with van der Waals surface area (Å²) in [7, 11) is 0. The third-order valence-electron chi connectivity index (χ3n) is 6.84. The lowest BCUT2D eigenvalue weighted by atomic mass is 9.94. The molecule has 8 nitrogen and oxygen atoms in total. The standard InChI is InChI=1S/C29H31N3O5/c33-24-17-32(29(35)22-7-4-14-30-16-22)26-13-12-25(37-27(26)19-36-18-24)15-28(34)31-23-10-8-21(9-11-23)20-5-2-1-3-6-20/h1-11,14,16,24-27,33H,12-13,15,17-19H2,(H,31,34)/t24-,25-,26+,27-/m0/s1. The molecule has 0 spiro atoms. The van der Waals surface area contributed by atoms with Gasteiger partial charge in [-0.25, -0.2) is 0 Å². The van der Waals surface area contributed by atoms with E-state index in [2.05, 4.69) is 10.3 Å². The number of hydrogen-bond donors (Lipinski definition) is 2. The number of amides is 2. The molecule has 0 radical (unpaired) electrons. The highest BCUT2D eigenvalue weighted by atomic mass is 16.5. The van der Waals surface area contributed by atoms with Gasteiger partial charge in [0.25, 0.3) is 5.91 Å². The number of β-amino-alcohol motifs (C(OH)–C–C–N with tert-alkyl or cyclic N) is 1. The van der Waals surface area contributed by atoms with E-state index in [1.54, 1.807) is 23.2 Å². The maximum Gasteiger partial charge on any atom is 0.255 e. The Kier molecular flexibility index (Phi) is 7.89. The molecular weight excluding hydrogens is 470 g/mol. The summed E-state index contributed by atoms with van der Waals surface area (Å²) in [5.74, 6) is -0.316. The molecule has 8 heteroatoms. The summed E-state index contributed by atoms with van der Waals surface area (Å²) in [5, 5.41) is 13.3. The first kappa shape index (κ1) is 25.1. The number of benzene rings is 2. The molecule has 3 heterocycles. The Balaban J connectivity index is 1.20. The van der Waals surface area contributed by atoms with E-state index in [1.165, 1.54) is 6.20 Å². The molecule has 2 aromatic carbocycles. The van der Waals surface area contributed by atoms with Crippen LogP contribution in [0.1, 0.15) is 29.6 Å². The fourth-order valence-electron chi connectivity index (χ4n) is 5.02. The van der Waals surface area contributed by atoms with Crippen molar-refractivity contribution in [2.75, 3.05) is 25.1 Å². The van der Waals surface area contributed by atoms with Crippen LogP contribution in [0.2, 0.25) is 0 Å². The van der Waals surface area contributed by atoms with Crippen LogP contribution in [0.25, 0.3) is 11.1 Å². The molecule has 4 atom stereocenters. The second-order valence-corrected chi connectivity index (χ2v) is 9.53. The van der Waals surface area contributed by atoms with Gasteiger partial charge in [0.1, 0.15) is 6.10 Å². The van der Waals surface area contributed by atoms with Gasteiger partial charge in [-0.2, -0.15) is 0 Å². The second-order valence-electron chi connectivity index (χ2n) is 9.53. The molecule has 0 unspecified atom stereocenters. The topological polar surface area (TPSA) is 101 Å². The van der Waals surface area contributed by atoms with E-state index in [0.717, 1.165) is 16.8 Å². The van der Waals surface area contributed by atoms with Crippen molar-refractivity contribution in [3.63, 3.8) is 0 Å². The number of aliphatic hydroxyl groups is 1.